The first-order chi connectivity index (χ1) is 5.66. The molecular formula is C6H7NO3S2. The van der Waals surface area contributed by atoms with E-state index in [-0.39, 0.29) is 0 Å². The third-order valence-electron chi connectivity index (χ3n) is 0.731. The summed E-state index contributed by atoms with van der Waals surface area (Å²) in [6.07, 6.45) is -0.0848. The molecule has 0 spiro atoms. The lowest BCUT2D eigenvalue weighted by atomic mass is 10.5. The van der Waals surface area contributed by atoms with Gasteiger partial charge in [-0.3, -0.25) is 0 Å². The molecule has 0 saturated carbocycles. The number of aromatic nitrogens is 1. The second-order valence-electron chi connectivity index (χ2n) is 1.54. The van der Waals surface area contributed by atoms with Crippen LogP contribution in [-0.4, -0.2) is 21.4 Å². The lowest BCUT2D eigenvalue weighted by Gasteiger charge is -1.87. The normalized spacial score (nSPS) is 8.08. The van der Waals surface area contributed by atoms with Gasteiger partial charge in [-0.05, 0) is 22.9 Å². The van der Waals surface area contributed by atoms with Gasteiger partial charge in [0.05, 0.1) is 0 Å². The van der Waals surface area contributed by atoms with Crippen LogP contribution >= 0.6 is 22.5 Å². The molecule has 1 heterocycles. The Morgan fingerprint density at radius 1 is 1.50 bits per heavy atom. The summed E-state index contributed by atoms with van der Waals surface area (Å²) >= 11 is 3.96. The molecule has 66 valence electrons. The summed E-state index contributed by atoms with van der Waals surface area (Å²) in [5, 5.41) is 14.9. The number of hydrogen-bond acceptors (Lipinski definition) is 4. The first-order valence-corrected chi connectivity index (χ1v) is 4.68. The van der Waals surface area contributed by atoms with Gasteiger partial charge in [0.25, 0.3) is 0 Å². The number of rotatable bonds is 1. The van der Waals surface area contributed by atoms with Crippen molar-refractivity contribution in [3.63, 3.8) is 0 Å². The number of carboxylic acid groups (broad SMARTS) is 2. The molecule has 6 heteroatoms. The zero-order valence-corrected chi connectivity index (χ0v) is 7.63. The van der Waals surface area contributed by atoms with Gasteiger partial charge < -0.3 is 10.2 Å². The van der Waals surface area contributed by atoms with Crippen LogP contribution < -0.4 is 0 Å². The van der Waals surface area contributed by atoms with Gasteiger partial charge in [0.1, 0.15) is 5.03 Å². The smallest absolute Gasteiger partial charge is 0.450 e. The lowest BCUT2D eigenvalue weighted by Crippen LogP contribution is -1.81. The van der Waals surface area contributed by atoms with Gasteiger partial charge >= 0.3 is 6.16 Å². The summed E-state index contributed by atoms with van der Waals surface area (Å²) in [6.45, 7) is 0. The molecule has 0 saturated heterocycles. The van der Waals surface area contributed by atoms with Crippen LogP contribution in [0.15, 0.2) is 29.4 Å². The summed E-state index contributed by atoms with van der Waals surface area (Å²) in [6, 6.07) is 5.73. The molecule has 4 nitrogen and oxygen atoms in total. The van der Waals surface area contributed by atoms with E-state index in [1.54, 1.807) is 6.20 Å². The Hall–Kier alpha value is -0.880. The predicted molar refractivity (Wildman–Crippen MR) is 49.7 cm³/mol. The molecule has 0 atom stereocenters. The van der Waals surface area contributed by atoms with Crippen molar-refractivity contribution in [2.75, 3.05) is 0 Å². The van der Waals surface area contributed by atoms with E-state index in [4.69, 9.17) is 15.0 Å². The van der Waals surface area contributed by atoms with Crippen molar-refractivity contribution in [2.45, 2.75) is 5.03 Å². The maximum atomic E-state index is 8.56. The minimum absolute atomic E-state index is 0.941. The Kier molecular flexibility index (Phi) is 6.31. The monoisotopic (exact) mass is 205 g/mol. The van der Waals surface area contributed by atoms with Gasteiger partial charge in [-0.25, -0.2) is 9.78 Å². The fraction of sp³-hybridized carbons (Fsp3) is 0. The van der Waals surface area contributed by atoms with Crippen LogP contribution in [0.25, 0.3) is 0 Å². The number of carbonyl (C=O) groups is 1. The van der Waals surface area contributed by atoms with E-state index >= 15 is 0 Å². The lowest BCUT2D eigenvalue weighted by molar-refractivity contribution is 0.137. The summed E-state index contributed by atoms with van der Waals surface area (Å²) in [5.41, 5.74) is 0. The van der Waals surface area contributed by atoms with Gasteiger partial charge in [-0.1, -0.05) is 6.07 Å². The molecule has 0 aliphatic rings. The first kappa shape index (κ1) is 11.1. The molecule has 1 aromatic rings. The molecule has 1 aromatic heterocycles. The molecule has 0 radical (unpaired) electrons. The van der Waals surface area contributed by atoms with Crippen molar-refractivity contribution in [3.8, 4) is 0 Å². The van der Waals surface area contributed by atoms with Crippen molar-refractivity contribution < 1.29 is 15.0 Å². The zero-order chi connectivity index (χ0) is 9.40. The van der Waals surface area contributed by atoms with Gasteiger partial charge in [-0.2, -0.15) is 0 Å². The minimum Gasteiger partial charge on any atom is -0.450 e. The Balaban J connectivity index is 0.000000261. The van der Waals surface area contributed by atoms with Crippen molar-refractivity contribution in [3.05, 3.63) is 24.4 Å². The van der Waals surface area contributed by atoms with Crippen LogP contribution in [0.5, 0.6) is 0 Å². The predicted octanol–water partition coefficient (Wildman–Crippen LogP) is 2.24. The van der Waals surface area contributed by atoms with Gasteiger partial charge in [0.2, 0.25) is 0 Å². The van der Waals surface area contributed by atoms with Gasteiger partial charge in [0, 0.05) is 6.20 Å². The third-order valence-corrected chi connectivity index (χ3v) is 1.72. The van der Waals surface area contributed by atoms with E-state index in [9.17, 15) is 0 Å². The SMILES string of the molecule is O=C(O)O.SSc1ccccn1. The van der Waals surface area contributed by atoms with Crippen LogP contribution in [0.3, 0.4) is 0 Å². The molecule has 0 bridgehead atoms. The van der Waals surface area contributed by atoms with Crippen LogP contribution in [0.4, 0.5) is 4.79 Å². The van der Waals surface area contributed by atoms with E-state index in [0.717, 1.165) is 5.03 Å². The summed E-state index contributed by atoms with van der Waals surface area (Å²) in [5.74, 6) is 0. The topological polar surface area (TPSA) is 70.4 Å². The largest absolute Gasteiger partial charge is 0.503 e. The van der Waals surface area contributed by atoms with Crippen LogP contribution in [-0.2, 0) is 0 Å². The molecule has 0 fully saturated rings. The second-order valence-corrected chi connectivity index (χ2v) is 2.69. The molecular weight excluding hydrogens is 198 g/mol. The van der Waals surface area contributed by atoms with E-state index in [1.165, 1.54) is 10.8 Å². The molecule has 0 amide bonds. The highest BCUT2D eigenvalue weighted by Crippen LogP contribution is 2.16. The standard InChI is InChI=1S/C5H5NS2.CH2O3/c7-8-5-3-1-2-4-6-5;2-1(3)4/h1-4,7H;(H2,2,3,4). The van der Waals surface area contributed by atoms with E-state index < -0.39 is 6.16 Å². The average molecular weight is 205 g/mol. The summed E-state index contributed by atoms with van der Waals surface area (Å²) < 4.78 is 0. The van der Waals surface area contributed by atoms with Crippen LogP contribution in [0.2, 0.25) is 0 Å². The number of hydrogen-bond donors (Lipinski definition) is 3. The maximum Gasteiger partial charge on any atom is 0.503 e. The number of pyridine rings is 1. The molecule has 1 rings (SSSR count). The number of thiol groups is 1. The fourth-order valence-electron chi connectivity index (χ4n) is 0.401. The van der Waals surface area contributed by atoms with E-state index in [2.05, 4.69) is 16.6 Å². The molecule has 12 heavy (non-hydrogen) atoms. The zero-order valence-electron chi connectivity index (χ0n) is 5.91. The van der Waals surface area contributed by atoms with E-state index in [0.29, 0.717) is 0 Å². The molecule has 2 N–H and O–H groups in total. The summed E-state index contributed by atoms with van der Waals surface area (Å²) in [4.78, 5) is 12.5. The summed E-state index contributed by atoms with van der Waals surface area (Å²) in [7, 11) is 1.35. The van der Waals surface area contributed by atoms with Crippen molar-refractivity contribution >= 4 is 28.6 Å². The Bertz CT molecular complexity index is 225. The second kappa shape index (κ2) is 6.81. The van der Waals surface area contributed by atoms with Crippen LogP contribution in [0.1, 0.15) is 0 Å². The minimum atomic E-state index is -1.83. The Labute approximate surface area is 78.4 Å². The Morgan fingerprint density at radius 3 is 2.33 bits per heavy atom. The number of nitrogens with zero attached hydrogens (tertiary/aromatic N) is 1. The maximum absolute atomic E-state index is 8.56. The first-order valence-electron chi connectivity index (χ1n) is 2.81. The molecule has 0 aliphatic heterocycles. The van der Waals surface area contributed by atoms with Gasteiger partial charge in [0.15, 0.2) is 0 Å². The molecule has 0 unspecified atom stereocenters. The highest BCUT2D eigenvalue weighted by molar-refractivity contribution is 8.68. The van der Waals surface area contributed by atoms with Crippen molar-refractivity contribution in [1.29, 1.82) is 0 Å². The average Bonchev–Trinajstić information content (AvgIpc) is 2.05. The van der Waals surface area contributed by atoms with Crippen molar-refractivity contribution in [2.24, 2.45) is 0 Å². The Morgan fingerprint density at radius 2 is 2.08 bits per heavy atom. The quantitative estimate of drug-likeness (QED) is 0.484. The fourth-order valence-corrected chi connectivity index (χ4v) is 0.973. The van der Waals surface area contributed by atoms with Crippen molar-refractivity contribution in [1.82, 2.24) is 4.98 Å². The highest BCUT2D eigenvalue weighted by atomic mass is 33.1. The molecule has 0 aliphatic carbocycles. The highest BCUT2D eigenvalue weighted by Gasteiger charge is 1.83. The van der Waals surface area contributed by atoms with E-state index in [1.807, 2.05) is 18.2 Å². The van der Waals surface area contributed by atoms with Crippen LogP contribution in [0, 0.1) is 0 Å². The molecule has 0 aromatic carbocycles. The van der Waals surface area contributed by atoms with Gasteiger partial charge in [-0.15, -0.1) is 11.7 Å². The third kappa shape index (κ3) is 7.23.